The summed E-state index contributed by atoms with van der Waals surface area (Å²) in [6.45, 7) is 0. The van der Waals surface area contributed by atoms with Crippen LogP contribution in [0.4, 0.5) is 0 Å². The molecule has 0 atom stereocenters. The topological polar surface area (TPSA) is 167 Å². The fraction of sp³-hybridized carbons (Fsp3) is 0. The zero-order valence-electron chi connectivity index (χ0n) is 19.0. The summed E-state index contributed by atoms with van der Waals surface area (Å²) in [6.07, 6.45) is 0. The molecule has 12 heteroatoms. The van der Waals surface area contributed by atoms with E-state index >= 15 is 0 Å². The molecule has 4 N–H and O–H groups in total. The van der Waals surface area contributed by atoms with E-state index in [-0.39, 0.29) is 22.6 Å². The summed E-state index contributed by atoms with van der Waals surface area (Å²) in [5, 5.41) is 38.8. The Morgan fingerprint density at radius 2 is 0.868 bits per heavy atom. The van der Waals surface area contributed by atoms with Crippen LogP contribution in [0.25, 0.3) is 55.4 Å². The number of fused-ring (bicyclic) bond motifs is 2. The molecule has 0 aliphatic carbocycles. The Hall–Kier alpha value is -4.94. The highest BCUT2D eigenvalue weighted by Gasteiger charge is 2.20. The van der Waals surface area contributed by atoms with E-state index in [0.29, 0.717) is 44.3 Å². The maximum absolute atomic E-state index is 11.3. The van der Waals surface area contributed by atoms with Crippen molar-refractivity contribution >= 4 is 57.5 Å². The summed E-state index contributed by atoms with van der Waals surface area (Å²) in [6, 6.07) is 16.1. The highest BCUT2D eigenvalue weighted by Crippen LogP contribution is 2.40. The number of benzene rings is 4. The van der Waals surface area contributed by atoms with Crippen molar-refractivity contribution in [3.05, 3.63) is 71.8 Å². The van der Waals surface area contributed by atoms with Gasteiger partial charge in [-0.3, -0.25) is 0 Å². The molecule has 0 amide bonds. The van der Waals surface area contributed by atoms with Gasteiger partial charge in [0.1, 0.15) is 44.7 Å². The van der Waals surface area contributed by atoms with Gasteiger partial charge in [0.15, 0.2) is 0 Å². The standard InChI is InChI=1S/C26H14N4O6S2/c31-19-9-11(1-3-17(19)25(33)34)13-5-7-15(23-21(13)27-37-29-23)16-8-6-14(22-24(16)30-38-28-22)12-2-4-18(26(35)36)20(32)10-12/h1-10,31-32H,(H,33,34)(H,35,36). The summed E-state index contributed by atoms with van der Waals surface area (Å²) in [7, 11) is 0. The van der Waals surface area contributed by atoms with Crippen molar-refractivity contribution in [2.45, 2.75) is 0 Å². The molecular formula is C26H14N4O6S2. The highest BCUT2D eigenvalue weighted by atomic mass is 32.1. The molecule has 0 aliphatic rings. The van der Waals surface area contributed by atoms with Crippen LogP contribution < -0.4 is 0 Å². The number of aromatic carboxylic acids is 2. The van der Waals surface area contributed by atoms with Gasteiger partial charge in [0.25, 0.3) is 0 Å². The van der Waals surface area contributed by atoms with Gasteiger partial charge in [0.05, 0.1) is 23.5 Å². The zero-order valence-corrected chi connectivity index (χ0v) is 20.6. The monoisotopic (exact) mass is 542 g/mol. The SMILES string of the molecule is O=C(O)c1ccc(-c2ccc(-c3ccc(-c4ccc(C(=O)O)c(O)c4)c4nsnc34)c3nsnc23)cc1O. The van der Waals surface area contributed by atoms with Crippen molar-refractivity contribution in [1.82, 2.24) is 17.5 Å². The quantitative estimate of drug-likeness (QED) is 0.218. The van der Waals surface area contributed by atoms with Crippen LogP contribution in [0, 0.1) is 0 Å². The minimum Gasteiger partial charge on any atom is -0.507 e. The smallest absolute Gasteiger partial charge is 0.339 e. The second-order valence-corrected chi connectivity index (χ2v) is 9.38. The van der Waals surface area contributed by atoms with Crippen LogP contribution in [0.3, 0.4) is 0 Å². The molecule has 4 aromatic carbocycles. The van der Waals surface area contributed by atoms with Crippen molar-refractivity contribution in [3.63, 3.8) is 0 Å². The van der Waals surface area contributed by atoms with Crippen LogP contribution in [0.1, 0.15) is 20.7 Å². The first-order chi connectivity index (χ1) is 18.3. The first-order valence-electron chi connectivity index (χ1n) is 11.0. The van der Waals surface area contributed by atoms with Gasteiger partial charge in [-0.2, -0.15) is 17.5 Å². The number of rotatable bonds is 5. The Morgan fingerprint density at radius 3 is 1.21 bits per heavy atom. The summed E-state index contributed by atoms with van der Waals surface area (Å²) < 4.78 is 17.9. The number of carbonyl (C=O) groups is 2. The number of phenols is 2. The molecule has 186 valence electrons. The largest absolute Gasteiger partial charge is 0.507 e. The van der Waals surface area contributed by atoms with Gasteiger partial charge in [0.2, 0.25) is 0 Å². The third kappa shape index (κ3) is 3.70. The van der Waals surface area contributed by atoms with E-state index in [0.717, 1.165) is 34.6 Å². The molecule has 0 fully saturated rings. The molecule has 2 heterocycles. The zero-order chi connectivity index (χ0) is 26.6. The normalized spacial score (nSPS) is 11.3. The Balaban J connectivity index is 1.48. The van der Waals surface area contributed by atoms with Gasteiger partial charge in [-0.15, -0.1) is 0 Å². The first kappa shape index (κ1) is 23.5. The predicted molar refractivity (Wildman–Crippen MR) is 142 cm³/mol. The van der Waals surface area contributed by atoms with E-state index in [4.69, 9.17) is 0 Å². The minimum absolute atomic E-state index is 0.192. The lowest BCUT2D eigenvalue weighted by Gasteiger charge is -2.10. The number of carboxylic acids is 2. The fourth-order valence-electron chi connectivity index (χ4n) is 4.39. The third-order valence-electron chi connectivity index (χ3n) is 6.20. The number of aromatic nitrogens is 4. The lowest BCUT2D eigenvalue weighted by atomic mass is 9.94. The van der Waals surface area contributed by atoms with E-state index in [9.17, 15) is 30.0 Å². The van der Waals surface area contributed by atoms with Gasteiger partial charge in [-0.25, -0.2) is 9.59 Å². The Bertz CT molecular complexity index is 1790. The van der Waals surface area contributed by atoms with Gasteiger partial charge < -0.3 is 20.4 Å². The lowest BCUT2D eigenvalue weighted by molar-refractivity contribution is 0.0682. The van der Waals surface area contributed by atoms with E-state index in [1.54, 1.807) is 12.1 Å². The molecule has 6 aromatic rings. The number of aromatic hydroxyl groups is 2. The molecule has 0 saturated heterocycles. The molecule has 0 aliphatic heterocycles. The number of nitrogens with zero attached hydrogens (tertiary/aromatic N) is 4. The summed E-state index contributed by atoms with van der Waals surface area (Å²) in [4.78, 5) is 22.5. The first-order valence-corrected chi connectivity index (χ1v) is 12.4. The molecule has 10 nitrogen and oxygen atoms in total. The van der Waals surface area contributed by atoms with Crippen molar-refractivity contribution in [3.8, 4) is 44.9 Å². The van der Waals surface area contributed by atoms with Crippen LogP contribution >= 0.6 is 23.5 Å². The van der Waals surface area contributed by atoms with Crippen molar-refractivity contribution in [2.24, 2.45) is 0 Å². The second kappa shape index (κ2) is 8.87. The van der Waals surface area contributed by atoms with Crippen molar-refractivity contribution in [2.75, 3.05) is 0 Å². The Morgan fingerprint density at radius 1 is 0.526 bits per heavy atom. The number of hydrogen-bond donors (Lipinski definition) is 4. The van der Waals surface area contributed by atoms with E-state index in [1.165, 1.54) is 24.3 Å². The van der Waals surface area contributed by atoms with E-state index in [1.807, 2.05) is 24.3 Å². The van der Waals surface area contributed by atoms with Crippen LogP contribution in [-0.2, 0) is 0 Å². The van der Waals surface area contributed by atoms with Gasteiger partial charge >= 0.3 is 11.9 Å². The van der Waals surface area contributed by atoms with E-state index in [2.05, 4.69) is 17.5 Å². The average Bonchev–Trinajstić information content (AvgIpc) is 3.57. The van der Waals surface area contributed by atoms with Crippen molar-refractivity contribution in [1.29, 1.82) is 0 Å². The van der Waals surface area contributed by atoms with Gasteiger partial charge in [0, 0.05) is 22.3 Å². The maximum atomic E-state index is 11.3. The second-order valence-electron chi connectivity index (χ2n) is 8.32. The number of carboxylic acid groups (broad SMARTS) is 2. The van der Waals surface area contributed by atoms with Crippen molar-refractivity contribution < 1.29 is 30.0 Å². The molecule has 2 aromatic heterocycles. The molecule has 0 spiro atoms. The third-order valence-corrected chi connectivity index (χ3v) is 7.26. The molecular weight excluding hydrogens is 528 g/mol. The summed E-state index contributed by atoms with van der Waals surface area (Å²) in [5.41, 5.74) is 6.09. The molecule has 0 bridgehead atoms. The molecule has 0 unspecified atom stereocenters. The van der Waals surface area contributed by atoms with Gasteiger partial charge in [-0.1, -0.05) is 36.4 Å². The molecule has 6 rings (SSSR count). The van der Waals surface area contributed by atoms with Gasteiger partial charge in [-0.05, 0) is 35.4 Å². The summed E-state index contributed by atoms with van der Waals surface area (Å²) >= 11 is 2.06. The lowest BCUT2D eigenvalue weighted by Crippen LogP contribution is -1.97. The highest BCUT2D eigenvalue weighted by molar-refractivity contribution is 7.00. The van der Waals surface area contributed by atoms with Crippen LogP contribution in [0.2, 0.25) is 0 Å². The van der Waals surface area contributed by atoms with E-state index < -0.39 is 11.9 Å². The Kier molecular flexibility index (Phi) is 5.47. The van der Waals surface area contributed by atoms with Crippen LogP contribution in [0.15, 0.2) is 60.7 Å². The fourth-order valence-corrected chi connectivity index (χ4v) is 5.54. The molecule has 0 radical (unpaired) electrons. The minimum atomic E-state index is -1.22. The molecule has 0 saturated carbocycles. The maximum Gasteiger partial charge on any atom is 0.339 e. The molecule has 38 heavy (non-hydrogen) atoms. The predicted octanol–water partition coefficient (Wildman–Crippen LogP) is 5.50. The summed E-state index contributed by atoms with van der Waals surface area (Å²) in [5.74, 6) is -3.13. The van der Waals surface area contributed by atoms with Crippen LogP contribution in [0.5, 0.6) is 11.5 Å². The van der Waals surface area contributed by atoms with Crippen LogP contribution in [-0.4, -0.2) is 49.9 Å². The average molecular weight is 543 g/mol. The number of hydrogen-bond acceptors (Lipinski definition) is 10. The Labute approximate surface area is 221 Å².